The SMILES string of the molecule is COc1ccc(CCN(C(=O)CO)c2ccccc2)cc1OC. The number of ether oxygens (including phenoxy) is 2. The zero-order valence-corrected chi connectivity index (χ0v) is 13.4. The highest BCUT2D eigenvalue weighted by atomic mass is 16.5. The number of carbonyl (C=O) groups is 1. The van der Waals surface area contributed by atoms with Gasteiger partial charge in [0.25, 0.3) is 5.91 Å². The molecule has 122 valence electrons. The predicted molar refractivity (Wildman–Crippen MR) is 89.1 cm³/mol. The van der Waals surface area contributed by atoms with Crippen LogP contribution in [0, 0.1) is 0 Å². The monoisotopic (exact) mass is 315 g/mol. The number of benzene rings is 2. The zero-order valence-electron chi connectivity index (χ0n) is 13.4. The lowest BCUT2D eigenvalue weighted by atomic mass is 10.1. The molecule has 0 aromatic heterocycles. The molecule has 2 aromatic rings. The summed E-state index contributed by atoms with van der Waals surface area (Å²) in [7, 11) is 3.18. The summed E-state index contributed by atoms with van der Waals surface area (Å²) in [4.78, 5) is 13.6. The third kappa shape index (κ3) is 4.23. The molecule has 5 nitrogen and oxygen atoms in total. The van der Waals surface area contributed by atoms with Crippen molar-refractivity contribution in [3.63, 3.8) is 0 Å². The van der Waals surface area contributed by atoms with Crippen LogP contribution < -0.4 is 14.4 Å². The van der Waals surface area contributed by atoms with Crippen molar-refractivity contribution in [2.24, 2.45) is 0 Å². The van der Waals surface area contributed by atoms with Crippen LogP contribution in [0.4, 0.5) is 5.69 Å². The van der Waals surface area contributed by atoms with Gasteiger partial charge < -0.3 is 19.5 Å². The molecule has 0 fully saturated rings. The molecule has 0 aliphatic rings. The lowest BCUT2D eigenvalue weighted by molar-refractivity contribution is -0.121. The minimum Gasteiger partial charge on any atom is -0.493 e. The van der Waals surface area contributed by atoms with Gasteiger partial charge in [-0.25, -0.2) is 0 Å². The molecular weight excluding hydrogens is 294 g/mol. The third-order valence-electron chi connectivity index (χ3n) is 3.58. The molecule has 0 bridgehead atoms. The molecule has 0 aliphatic carbocycles. The van der Waals surface area contributed by atoms with E-state index in [1.165, 1.54) is 0 Å². The van der Waals surface area contributed by atoms with Crippen molar-refractivity contribution in [2.75, 3.05) is 32.3 Å². The molecule has 2 aromatic carbocycles. The van der Waals surface area contributed by atoms with E-state index in [0.717, 1.165) is 11.3 Å². The average Bonchev–Trinajstić information content (AvgIpc) is 2.62. The van der Waals surface area contributed by atoms with E-state index in [2.05, 4.69) is 0 Å². The van der Waals surface area contributed by atoms with Crippen LogP contribution in [-0.4, -0.2) is 38.4 Å². The molecule has 0 unspecified atom stereocenters. The fourth-order valence-corrected chi connectivity index (χ4v) is 2.37. The number of carbonyl (C=O) groups excluding carboxylic acids is 1. The molecule has 0 aliphatic heterocycles. The molecule has 0 radical (unpaired) electrons. The van der Waals surface area contributed by atoms with Crippen LogP contribution in [-0.2, 0) is 11.2 Å². The number of anilines is 1. The number of para-hydroxylation sites is 1. The Morgan fingerprint density at radius 2 is 1.74 bits per heavy atom. The Morgan fingerprint density at radius 1 is 1.04 bits per heavy atom. The van der Waals surface area contributed by atoms with Crippen LogP contribution in [0.1, 0.15) is 5.56 Å². The van der Waals surface area contributed by atoms with Crippen LogP contribution in [0.2, 0.25) is 0 Å². The number of nitrogens with zero attached hydrogens (tertiary/aromatic N) is 1. The Bertz CT molecular complexity index is 643. The summed E-state index contributed by atoms with van der Waals surface area (Å²) in [5, 5.41) is 9.19. The predicted octanol–water partition coefficient (Wildman–Crippen LogP) is 2.27. The van der Waals surface area contributed by atoms with Gasteiger partial charge in [-0.05, 0) is 36.2 Å². The normalized spacial score (nSPS) is 10.2. The van der Waals surface area contributed by atoms with Gasteiger partial charge in [0.1, 0.15) is 6.61 Å². The second-order valence-electron chi connectivity index (χ2n) is 4.98. The van der Waals surface area contributed by atoms with Crippen LogP contribution in [0.25, 0.3) is 0 Å². The molecule has 0 saturated heterocycles. The molecule has 0 heterocycles. The van der Waals surface area contributed by atoms with Gasteiger partial charge in [-0.2, -0.15) is 0 Å². The van der Waals surface area contributed by atoms with E-state index in [-0.39, 0.29) is 5.91 Å². The smallest absolute Gasteiger partial charge is 0.252 e. The van der Waals surface area contributed by atoms with E-state index < -0.39 is 6.61 Å². The summed E-state index contributed by atoms with van der Waals surface area (Å²) in [5.41, 5.74) is 1.79. The quantitative estimate of drug-likeness (QED) is 0.851. The van der Waals surface area contributed by atoms with Crippen LogP contribution in [0.15, 0.2) is 48.5 Å². The lowest BCUT2D eigenvalue weighted by Gasteiger charge is -2.22. The highest BCUT2D eigenvalue weighted by Gasteiger charge is 2.15. The van der Waals surface area contributed by atoms with E-state index in [0.29, 0.717) is 24.5 Å². The highest BCUT2D eigenvalue weighted by Crippen LogP contribution is 2.28. The van der Waals surface area contributed by atoms with Gasteiger partial charge in [0.15, 0.2) is 11.5 Å². The highest BCUT2D eigenvalue weighted by molar-refractivity contribution is 5.94. The fraction of sp³-hybridized carbons (Fsp3) is 0.278. The van der Waals surface area contributed by atoms with Gasteiger partial charge >= 0.3 is 0 Å². The Hall–Kier alpha value is -2.53. The second-order valence-corrected chi connectivity index (χ2v) is 4.98. The van der Waals surface area contributed by atoms with E-state index in [1.54, 1.807) is 19.1 Å². The van der Waals surface area contributed by atoms with Gasteiger partial charge in [0, 0.05) is 12.2 Å². The lowest BCUT2D eigenvalue weighted by Crippen LogP contribution is -2.35. The van der Waals surface area contributed by atoms with Crippen molar-refractivity contribution in [2.45, 2.75) is 6.42 Å². The number of aliphatic hydroxyl groups excluding tert-OH is 1. The molecule has 0 atom stereocenters. The molecule has 1 N–H and O–H groups in total. The fourth-order valence-electron chi connectivity index (χ4n) is 2.37. The van der Waals surface area contributed by atoms with Crippen LogP contribution >= 0.6 is 0 Å². The summed E-state index contributed by atoms with van der Waals surface area (Å²) < 4.78 is 10.5. The maximum atomic E-state index is 12.0. The van der Waals surface area contributed by atoms with Crippen LogP contribution in [0.3, 0.4) is 0 Å². The number of hydrogen-bond acceptors (Lipinski definition) is 4. The van der Waals surface area contributed by atoms with Crippen LogP contribution in [0.5, 0.6) is 11.5 Å². The van der Waals surface area contributed by atoms with E-state index >= 15 is 0 Å². The Balaban J connectivity index is 2.14. The first-order valence-corrected chi connectivity index (χ1v) is 7.36. The van der Waals surface area contributed by atoms with Gasteiger partial charge in [-0.15, -0.1) is 0 Å². The van der Waals surface area contributed by atoms with E-state index in [9.17, 15) is 9.90 Å². The summed E-state index contributed by atoms with van der Waals surface area (Å²) in [6, 6.07) is 15.0. The van der Waals surface area contributed by atoms with E-state index in [4.69, 9.17) is 9.47 Å². The van der Waals surface area contributed by atoms with E-state index in [1.807, 2.05) is 48.5 Å². The number of methoxy groups -OCH3 is 2. The average molecular weight is 315 g/mol. The number of amides is 1. The molecule has 23 heavy (non-hydrogen) atoms. The summed E-state index contributed by atoms with van der Waals surface area (Å²) in [6.07, 6.45) is 0.640. The largest absolute Gasteiger partial charge is 0.493 e. The Labute approximate surface area is 136 Å². The standard InChI is InChI=1S/C18H21NO4/c1-22-16-9-8-14(12-17(16)23-2)10-11-19(18(21)13-20)15-6-4-3-5-7-15/h3-9,12,20H,10-11,13H2,1-2H3. The minimum absolute atomic E-state index is 0.323. The summed E-state index contributed by atoms with van der Waals surface area (Å²) >= 11 is 0. The maximum absolute atomic E-state index is 12.0. The maximum Gasteiger partial charge on any atom is 0.252 e. The first kappa shape index (κ1) is 16.8. The third-order valence-corrected chi connectivity index (χ3v) is 3.58. The Kier molecular flexibility index (Phi) is 6.00. The first-order chi connectivity index (χ1) is 11.2. The van der Waals surface area contributed by atoms with Gasteiger partial charge in [0.05, 0.1) is 14.2 Å². The summed E-state index contributed by atoms with van der Waals surface area (Å²) in [5.74, 6) is 1.00. The molecule has 0 spiro atoms. The molecular formula is C18H21NO4. The molecule has 1 amide bonds. The van der Waals surface area contributed by atoms with Crippen molar-refractivity contribution >= 4 is 11.6 Å². The molecule has 2 rings (SSSR count). The first-order valence-electron chi connectivity index (χ1n) is 7.36. The van der Waals surface area contributed by atoms with Crippen molar-refractivity contribution < 1.29 is 19.4 Å². The van der Waals surface area contributed by atoms with Gasteiger partial charge in [0.2, 0.25) is 0 Å². The summed E-state index contributed by atoms with van der Waals surface area (Å²) in [6.45, 7) is -0.0419. The number of hydrogen-bond donors (Lipinski definition) is 1. The Morgan fingerprint density at radius 3 is 2.35 bits per heavy atom. The zero-order chi connectivity index (χ0) is 16.7. The number of rotatable bonds is 7. The molecule has 0 saturated carbocycles. The minimum atomic E-state index is -0.513. The molecule has 5 heteroatoms. The van der Waals surface area contributed by atoms with Crippen molar-refractivity contribution in [1.29, 1.82) is 0 Å². The van der Waals surface area contributed by atoms with Gasteiger partial charge in [-0.1, -0.05) is 24.3 Å². The van der Waals surface area contributed by atoms with Gasteiger partial charge in [-0.3, -0.25) is 4.79 Å². The van der Waals surface area contributed by atoms with Crippen molar-refractivity contribution in [1.82, 2.24) is 0 Å². The number of aliphatic hydroxyl groups is 1. The topological polar surface area (TPSA) is 59.0 Å². The van der Waals surface area contributed by atoms with Crippen molar-refractivity contribution in [3.05, 3.63) is 54.1 Å². The van der Waals surface area contributed by atoms with Crippen molar-refractivity contribution in [3.8, 4) is 11.5 Å². The second kappa shape index (κ2) is 8.19.